The minimum Gasteiger partial charge on any atom is -0.330 e. The molecule has 2 rings (SSSR count). The van der Waals surface area contributed by atoms with E-state index in [9.17, 15) is 0 Å². The number of nitrogens with two attached hydrogens (primary N) is 2. The van der Waals surface area contributed by atoms with Gasteiger partial charge in [-0.1, -0.05) is 38.5 Å². The van der Waals surface area contributed by atoms with Crippen molar-refractivity contribution in [3.05, 3.63) is 0 Å². The second-order valence-corrected chi connectivity index (χ2v) is 7.95. The van der Waals surface area contributed by atoms with E-state index in [1.165, 1.54) is 77.3 Å². The van der Waals surface area contributed by atoms with Crippen LogP contribution in [0.2, 0.25) is 0 Å². The molecule has 0 saturated heterocycles. The van der Waals surface area contributed by atoms with Gasteiger partial charge in [0, 0.05) is 25.2 Å². The van der Waals surface area contributed by atoms with Crippen molar-refractivity contribution in [2.24, 2.45) is 11.5 Å². The lowest BCUT2D eigenvalue weighted by Crippen LogP contribution is -2.48. The van der Waals surface area contributed by atoms with Gasteiger partial charge in [0.25, 0.3) is 0 Å². The van der Waals surface area contributed by atoms with Crippen molar-refractivity contribution in [2.75, 3.05) is 39.3 Å². The molecule has 0 radical (unpaired) electrons. The van der Waals surface area contributed by atoms with E-state index in [2.05, 4.69) is 9.80 Å². The Morgan fingerprint density at radius 1 is 0.583 bits per heavy atom. The molecule has 0 aliphatic heterocycles. The Kier molecular flexibility index (Phi) is 10.3. The maximum atomic E-state index is 5.73. The molecule has 0 heterocycles. The van der Waals surface area contributed by atoms with E-state index >= 15 is 0 Å². The van der Waals surface area contributed by atoms with E-state index in [1.54, 1.807) is 0 Å². The Bertz CT molecular complexity index is 272. The van der Waals surface area contributed by atoms with Crippen LogP contribution < -0.4 is 11.5 Å². The standard InChI is InChI=1S/C20H42N4/c21-13-7-15-23(16-8-14-22)17-18-24(19-9-3-1-4-10-19)20-11-5-2-6-12-20/h19-20H,1-18,21-22H2. The first kappa shape index (κ1) is 20.2. The van der Waals surface area contributed by atoms with Gasteiger partial charge in [-0.05, 0) is 64.7 Å². The van der Waals surface area contributed by atoms with Crippen molar-refractivity contribution in [3.8, 4) is 0 Å². The fourth-order valence-corrected chi connectivity index (χ4v) is 4.71. The number of hydrogen-bond donors (Lipinski definition) is 2. The van der Waals surface area contributed by atoms with Crippen LogP contribution in [0.3, 0.4) is 0 Å². The summed E-state index contributed by atoms with van der Waals surface area (Å²) in [5, 5.41) is 0. The third-order valence-electron chi connectivity index (χ3n) is 6.12. The zero-order chi connectivity index (χ0) is 17.0. The van der Waals surface area contributed by atoms with E-state index in [0.717, 1.165) is 51.1 Å². The molecule has 0 unspecified atom stereocenters. The highest BCUT2D eigenvalue weighted by Crippen LogP contribution is 2.30. The molecule has 2 aliphatic rings. The van der Waals surface area contributed by atoms with Crippen LogP contribution in [-0.4, -0.2) is 61.2 Å². The number of nitrogens with zero attached hydrogens (tertiary/aromatic N) is 2. The molecular formula is C20H42N4. The van der Waals surface area contributed by atoms with Crippen molar-refractivity contribution in [3.63, 3.8) is 0 Å². The first-order valence-electron chi connectivity index (χ1n) is 10.7. The maximum absolute atomic E-state index is 5.73. The van der Waals surface area contributed by atoms with Crippen LogP contribution in [0.4, 0.5) is 0 Å². The Labute approximate surface area is 150 Å². The Hall–Kier alpha value is -0.160. The largest absolute Gasteiger partial charge is 0.330 e. The van der Waals surface area contributed by atoms with Gasteiger partial charge in [0.1, 0.15) is 0 Å². The third-order valence-corrected chi connectivity index (χ3v) is 6.12. The highest BCUT2D eigenvalue weighted by Gasteiger charge is 2.28. The van der Waals surface area contributed by atoms with Crippen LogP contribution in [0, 0.1) is 0 Å². The monoisotopic (exact) mass is 338 g/mol. The fourth-order valence-electron chi connectivity index (χ4n) is 4.71. The predicted octanol–water partition coefficient (Wildman–Crippen LogP) is 2.95. The van der Waals surface area contributed by atoms with E-state index in [1.807, 2.05) is 0 Å². The van der Waals surface area contributed by atoms with Gasteiger partial charge in [0.05, 0.1) is 0 Å². The van der Waals surface area contributed by atoms with Crippen molar-refractivity contribution in [2.45, 2.75) is 89.1 Å². The normalized spacial score (nSPS) is 21.0. The van der Waals surface area contributed by atoms with Crippen molar-refractivity contribution >= 4 is 0 Å². The summed E-state index contributed by atoms with van der Waals surface area (Å²) < 4.78 is 0. The third kappa shape index (κ3) is 6.99. The summed E-state index contributed by atoms with van der Waals surface area (Å²) in [6, 6.07) is 1.71. The minimum absolute atomic E-state index is 0.800. The van der Waals surface area contributed by atoms with Gasteiger partial charge in [0.2, 0.25) is 0 Å². The van der Waals surface area contributed by atoms with E-state index in [0.29, 0.717) is 0 Å². The molecule has 0 aromatic heterocycles. The first-order chi connectivity index (χ1) is 11.8. The molecule has 4 N–H and O–H groups in total. The Morgan fingerprint density at radius 3 is 1.46 bits per heavy atom. The molecule has 0 spiro atoms. The average Bonchev–Trinajstić information content (AvgIpc) is 2.65. The van der Waals surface area contributed by atoms with Crippen molar-refractivity contribution in [1.82, 2.24) is 9.80 Å². The van der Waals surface area contributed by atoms with Crippen molar-refractivity contribution in [1.29, 1.82) is 0 Å². The molecule has 142 valence electrons. The minimum atomic E-state index is 0.800. The van der Waals surface area contributed by atoms with Gasteiger partial charge in [-0.3, -0.25) is 4.90 Å². The summed E-state index contributed by atoms with van der Waals surface area (Å²) in [5.41, 5.74) is 11.5. The van der Waals surface area contributed by atoms with Gasteiger partial charge in [0.15, 0.2) is 0 Å². The highest BCUT2D eigenvalue weighted by molar-refractivity contribution is 4.84. The summed E-state index contributed by atoms with van der Waals surface area (Å²) in [7, 11) is 0. The molecule has 24 heavy (non-hydrogen) atoms. The fraction of sp³-hybridized carbons (Fsp3) is 1.00. The smallest absolute Gasteiger partial charge is 0.0115 e. The average molecular weight is 339 g/mol. The zero-order valence-electron chi connectivity index (χ0n) is 15.9. The van der Waals surface area contributed by atoms with Crippen molar-refractivity contribution < 1.29 is 0 Å². The summed E-state index contributed by atoms with van der Waals surface area (Å²) >= 11 is 0. The second kappa shape index (κ2) is 12.2. The molecule has 2 fully saturated rings. The topological polar surface area (TPSA) is 58.5 Å². The van der Waals surface area contributed by atoms with Gasteiger partial charge in [-0.15, -0.1) is 0 Å². The van der Waals surface area contributed by atoms with Crippen LogP contribution >= 0.6 is 0 Å². The summed E-state index contributed by atoms with van der Waals surface area (Å²) in [4.78, 5) is 5.54. The SMILES string of the molecule is NCCCN(CCCN)CCN(C1CCCCC1)C1CCCCC1. The molecule has 4 nitrogen and oxygen atoms in total. The van der Waals surface area contributed by atoms with E-state index < -0.39 is 0 Å². The van der Waals surface area contributed by atoms with Gasteiger partial charge < -0.3 is 16.4 Å². The second-order valence-electron chi connectivity index (χ2n) is 7.95. The molecule has 0 amide bonds. The summed E-state index contributed by atoms with van der Waals surface area (Å²) in [5.74, 6) is 0. The zero-order valence-corrected chi connectivity index (χ0v) is 15.9. The van der Waals surface area contributed by atoms with Crippen LogP contribution in [0.5, 0.6) is 0 Å². The molecule has 4 heteroatoms. The quantitative estimate of drug-likeness (QED) is 0.608. The van der Waals surface area contributed by atoms with Gasteiger partial charge >= 0.3 is 0 Å². The number of hydrogen-bond acceptors (Lipinski definition) is 4. The highest BCUT2D eigenvalue weighted by atomic mass is 15.2. The van der Waals surface area contributed by atoms with E-state index in [4.69, 9.17) is 11.5 Å². The first-order valence-corrected chi connectivity index (χ1v) is 10.7. The molecule has 0 aromatic rings. The number of rotatable bonds is 11. The molecule has 2 aliphatic carbocycles. The van der Waals surface area contributed by atoms with Crippen LogP contribution in [0.1, 0.15) is 77.0 Å². The molecule has 2 saturated carbocycles. The van der Waals surface area contributed by atoms with E-state index in [-0.39, 0.29) is 0 Å². The van der Waals surface area contributed by atoms with Gasteiger partial charge in [-0.25, -0.2) is 0 Å². The summed E-state index contributed by atoms with van der Waals surface area (Å²) in [6.07, 6.45) is 16.6. The Morgan fingerprint density at radius 2 is 1.04 bits per heavy atom. The Balaban J connectivity index is 1.89. The molecule has 0 aromatic carbocycles. The lowest BCUT2D eigenvalue weighted by molar-refractivity contribution is 0.0681. The molecule has 0 atom stereocenters. The van der Waals surface area contributed by atoms with Gasteiger partial charge in [-0.2, -0.15) is 0 Å². The molecule has 0 bridgehead atoms. The lowest BCUT2D eigenvalue weighted by atomic mass is 9.88. The van der Waals surface area contributed by atoms with Crippen LogP contribution in [0.15, 0.2) is 0 Å². The van der Waals surface area contributed by atoms with Crippen LogP contribution in [0.25, 0.3) is 0 Å². The maximum Gasteiger partial charge on any atom is 0.0115 e. The lowest BCUT2D eigenvalue weighted by Gasteiger charge is -2.42. The summed E-state index contributed by atoms with van der Waals surface area (Å²) in [6.45, 7) is 6.33. The molecular weight excluding hydrogens is 296 g/mol. The predicted molar refractivity (Wildman–Crippen MR) is 104 cm³/mol. The van der Waals surface area contributed by atoms with Crippen LogP contribution in [-0.2, 0) is 0 Å².